The van der Waals surface area contributed by atoms with Crippen LogP contribution in [0.15, 0.2) is 0 Å². The molecule has 0 radical (unpaired) electrons. The van der Waals surface area contributed by atoms with Gasteiger partial charge in [-0.2, -0.15) is 0 Å². The van der Waals surface area contributed by atoms with Crippen molar-refractivity contribution in [1.82, 2.24) is 5.32 Å². The fraction of sp³-hybridized carbons (Fsp3) is 0.950. The van der Waals surface area contributed by atoms with Crippen molar-refractivity contribution in [3.05, 3.63) is 0 Å². The Kier molecular flexibility index (Phi) is 8.95. The molecule has 2 fully saturated rings. The molecule has 0 aromatic carbocycles. The summed E-state index contributed by atoms with van der Waals surface area (Å²) in [5.74, 6) is -0.931. The highest BCUT2D eigenvalue weighted by Crippen LogP contribution is 2.39. The van der Waals surface area contributed by atoms with E-state index in [1.807, 2.05) is 20.8 Å². The van der Waals surface area contributed by atoms with Gasteiger partial charge < -0.3 is 29.0 Å². The van der Waals surface area contributed by atoms with E-state index in [2.05, 4.69) is 12.2 Å². The third-order valence-electron chi connectivity index (χ3n) is 5.07. The van der Waals surface area contributed by atoms with E-state index in [-0.39, 0.29) is 36.7 Å². The molecule has 7 nitrogen and oxygen atoms in total. The highest BCUT2D eigenvalue weighted by atomic mass is 16.8. The number of carbonyl (C=O) groups is 1. The van der Waals surface area contributed by atoms with Gasteiger partial charge in [-0.05, 0) is 33.7 Å². The third-order valence-corrected chi connectivity index (χ3v) is 5.07. The van der Waals surface area contributed by atoms with Gasteiger partial charge in [0.2, 0.25) is 0 Å². The summed E-state index contributed by atoms with van der Waals surface area (Å²) in [4.78, 5) is 12.1. The first-order chi connectivity index (χ1) is 12.9. The second kappa shape index (κ2) is 10.7. The molecule has 7 heteroatoms. The first-order valence-electron chi connectivity index (χ1n) is 10.3. The van der Waals surface area contributed by atoms with Gasteiger partial charge in [-0.3, -0.25) is 4.79 Å². The monoisotopic (exact) mass is 387 g/mol. The van der Waals surface area contributed by atoms with Crippen LogP contribution < -0.4 is 5.32 Å². The predicted octanol–water partition coefficient (Wildman–Crippen LogP) is 2.76. The Bertz CT molecular complexity index is 458. The Morgan fingerprint density at radius 1 is 1.15 bits per heavy atom. The molecule has 0 spiro atoms. The summed E-state index contributed by atoms with van der Waals surface area (Å²) in [5.41, 5.74) is 0. The van der Waals surface area contributed by atoms with Crippen LogP contribution in [-0.2, 0) is 28.5 Å². The maximum atomic E-state index is 12.1. The Hall–Kier alpha value is -0.730. The summed E-state index contributed by atoms with van der Waals surface area (Å²) < 4.78 is 28.8. The number of methoxy groups -OCH3 is 1. The molecular weight excluding hydrogens is 350 g/mol. The maximum Gasteiger partial charge on any atom is 0.307 e. The van der Waals surface area contributed by atoms with Crippen molar-refractivity contribution in [2.45, 2.75) is 103 Å². The highest BCUT2D eigenvalue weighted by molar-refractivity contribution is 5.70. The minimum atomic E-state index is -0.694. The maximum absolute atomic E-state index is 12.1. The third kappa shape index (κ3) is 6.39. The molecule has 0 amide bonds. The van der Waals surface area contributed by atoms with E-state index in [1.54, 1.807) is 7.11 Å². The van der Waals surface area contributed by atoms with Crippen molar-refractivity contribution in [1.29, 1.82) is 0 Å². The largest absolute Gasteiger partial charge is 0.466 e. The molecule has 1 N–H and O–H groups in total. The molecule has 5 atom stereocenters. The summed E-state index contributed by atoms with van der Waals surface area (Å²) in [6.07, 6.45) is 4.79. The first-order valence-corrected chi connectivity index (χ1v) is 10.3. The number of hydrogen-bond acceptors (Lipinski definition) is 7. The van der Waals surface area contributed by atoms with E-state index in [4.69, 9.17) is 23.7 Å². The van der Waals surface area contributed by atoms with E-state index in [1.165, 1.54) is 25.7 Å². The van der Waals surface area contributed by atoms with Crippen LogP contribution in [0.1, 0.15) is 66.2 Å². The van der Waals surface area contributed by atoms with Crippen molar-refractivity contribution >= 4 is 5.97 Å². The number of ether oxygens (including phenoxy) is 5. The molecule has 2 aliphatic heterocycles. The SMILES string of the molecule is CCCCCCCN[C@@H](CC(=O)OCC)[C@@H]1O[C@@H]2OC(C)(C)O[C@@H]2[C@H]1OC. The van der Waals surface area contributed by atoms with E-state index < -0.39 is 12.1 Å². The van der Waals surface area contributed by atoms with Gasteiger partial charge in [-0.25, -0.2) is 0 Å². The quantitative estimate of drug-likeness (QED) is 0.408. The van der Waals surface area contributed by atoms with Crippen molar-refractivity contribution in [2.24, 2.45) is 0 Å². The van der Waals surface area contributed by atoms with Crippen LogP contribution in [0.2, 0.25) is 0 Å². The van der Waals surface area contributed by atoms with Crippen LogP contribution in [0.3, 0.4) is 0 Å². The second-order valence-corrected chi connectivity index (χ2v) is 7.75. The molecule has 2 saturated heterocycles. The Labute approximate surface area is 163 Å². The molecular formula is C20H37NO6. The second-order valence-electron chi connectivity index (χ2n) is 7.75. The molecule has 0 aromatic rings. The first kappa shape index (κ1) is 22.6. The van der Waals surface area contributed by atoms with Crippen LogP contribution in [0.4, 0.5) is 0 Å². The lowest BCUT2D eigenvalue weighted by atomic mass is 10.00. The van der Waals surface area contributed by atoms with Crippen molar-refractivity contribution in [3.8, 4) is 0 Å². The van der Waals surface area contributed by atoms with Gasteiger partial charge in [0, 0.05) is 13.2 Å². The molecule has 0 aliphatic carbocycles. The van der Waals surface area contributed by atoms with E-state index in [9.17, 15) is 4.79 Å². The fourth-order valence-electron chi connectivity index (χ4n) is 3.82. The standard InChI is InChI=1S/C20H37NO6/c1-6-8-9-10-11-12-21-14(13-15(22)24-7-2)16-17(23-5)18-19(25-16)27-20(3,4)26-18/h14,16-19,21H,6-13H2,1-5H3/t14-,16-,17-,18+,19+/m0/s1. The lowest BCUT2D eigenvalue weighted by molar-refractivity contribution is -0.220. The lowest BCUT2D eigenvalue weighted by Gasteiger charge is -2.30. The Morgan fingerprint density at radius 2 is 1.89 bits per heavy atom. The molecule has 2 rings (SSSR count). The number of rotatable bonds is 12. The van der Waals surface area contributed by atoms with Gasteiger partial charge in [0.1, 0.15) is 18.3 Å². The number of esters is 1. The van der Waals surface area contributed by atoms with Crippen LogP contribution >= 0.6 is 0 Å². The Balaban J connectivity index is 1.96. The summed E-state index contributed by atoms with van der Waals surface area (Å²) >= 11 is 0. The van der Waals surface area contributed by atoms with Gasteiger partial charge in [-0.1, -0.05) is 32.6 Å². The zero-order valence-electron chi connectivity index (χ0n) is 17.5. The number of hydrogen-bond donors (Lipinski definition) is 1. The summed E-state index contributed by atoms with van der Waals surface area (Å²) in [6, 6.07) is -0.207. The normalized spacial score (nSPS) is 30.3. The van der Waals surface area contributed by atoms with Crippen molar-refractivity contribution in [2.75, 3.05) is 20.3 Å². The van der Waals surface area contributed by atoms with Crippen molar-refractivity contribution in [3.63, 3.8) is 0 Å². The Morgan fingerprint density at radius 3 is 2.56 bits per heavy atom. The van der Waals surface area contributed by atoms with Gasteiger partial charge in [0.05, 0.1) is 13.0 Å². The number of nitrogens with one attached hydrogen (secondary N) is 1. The fourth-order valence-corrected chi connectivity index (χ4v) is 3.82. The molecule has 27 heavy (non-hydrogen) atoms. The van der Waals surface area contributed by atoms with Gasteiger partial charge in [-0.15, -0.1) is 0 Å². The van der Waals surface area contributed by atoms with Gasteiger partial charge >= 0.3 is 5.97 Å². The molecule has 2 aliphatic rings. The number of carbonyl (C=O) groups excluding carboxylic acids is 1. The van der Waals surface area contributed by atoms with E-state index in [0.29, 0.717) is 6.61 Å². The topological polar surface area (TPSA) is 75.3 Å². The number of fused-ring (bicyclic) bond motifs is 1. The average molecular weight is 388 g/mol. The van der Waals surface area contributed by atoms with Crippen LogP contribution in [-0.4, -0.2) is 62.7 Å². The van der Waals surface area contributed by atoms with Gasteiger partial charge in [0.15, 0.2) is 12.1 Å². The van der Waals surface area contributed by atoms with Crippen LogP contribution in [0.25, 0.3) is 0 Å². The minimum Gasteiger partial charge on any atom is -0.466 e. The lowest BCUT2D eigenvalue weighted by Crippen LogP contribution is -2.49. The molecule has 0 saturated carbocycles. The van der Waals surface area contributed by atoms with Crippen LogP contribution in [0.5, 0.6) is 0 Å². The smallest absolute Gasteiger partial charge is 0.307 e. The molecule has 158 valence electrons. The molecule has 0 aromatic heterocycles. The highest BCUT2D eigenvalue weighted by Gasteiger charge is 2.56. The van der Waals surface area contributed by atoms with Crippen molar-refractivity contribution < 1.29 is 28.5 Å². The summed E-state index contributed by atoms with van der Waals surface area (Å²) in [6.45, 7) is 8.94. The van der Waals surface area contributed by atoms with Crippen LogP contribution in [0, 0.1) is 0 Å². The van der Waals surface area contributed by atoms with E-state index in [0.717, 1.165) is 13.0 Å². The predicted molar refractivity (Wildman–Crippen MR) is 101 cm³/mol. The minimum absolute atomic E-state index is 0.207. The average Bonchev–Trinajstić information content (AvgIpc) is 3.08. The molecule has 2 heterocycles. The number of unbranched alkanes of at least 4 members (excludes halogenated alkanes) is 4. The summed E-state index contributed by atoms with van der Waals surface area (Å²) in [7, 11) is 1.64. The zero-order valence-corrected chi connectivity index (χ0v) is 17.5. The van der Waals surface area contributed by atoms with E-state index >= 15 is 0 Å². The zero-order chi connectivity index (χ0) is 19.9. The molecule has 0 bridgehead atoms. The molecule has 0 unspecified atom stereocenters. The van der Waals surface area contributed by atoms with Gasteiger partial charge in [0.25, 0.3) is 0 Å². The summed E-state index contributed by atoms with van der Waals surface area (Å²) in [5, 5.41) is 3.49.